The van der Waals surface area contributed by atoms with E-state index in [1.807, 2.05) is 11.3 Å². The maximum Gasteiger partial charge on any atom is 0.0483 e. The number of hydrogen-bond donors (Lipinski definition) is 1. The van der Waals surface area contributed by atoms with Crippen molar-refractivity contribution < 1.29 is 0 Å². The standard InChI is InChI=1S/C16H26BrNS/c1-4-18-15(14-13(17)7-10-19-14)16(11-12(2)3)8-5-6-9-16/h7,10,12,15,18H,4-6,8-9,11H2,1-3H3. The summed E-state index contributed by atoms with van der Waals surface area (Å²) in [6.45, 7) is 8.01. The van der Waals surface area contributed by atoms with E-state index < -0.39 is 0 Å². The lowest BCUT2D eigenvalue weighted by Gasteiger charge is -2.39. The van der Waals surface area contributed by atoms with Gasteiger partial charge in [0.25, 0.3) is 0 Å². The van der Waals surface area contributed by atoms with Gasteiger partial charge in [-0.3, -0.25) is 0 Å². The van der Waals surface area contributed by atoms with Crippen molar-refractivity contribution in [3.8, 4) is 0 Å². The SMILES string of the molecule is CCNC(c1sccc1Br)C1(CC(C)C)CCCC1. The third-order valence-corrected chi connectivity index (χ3v) is 6.28. The fourth-order valence-corrected chi connectivity index (χ4v) is 5.62. The minimum atomic E-state index is 0.470. The van der Waals surface area contributed by atoms with Gasteiger partial charge in [0.2, 0.25) is 0 Å². The molecule has 1 atom stereocenters. The van der Waals surface area contributed by atoms with Crippen LogP contribution in [0.5, 0.6) is 0 Å². The fraction of sp³-hybridized carbons (Fsp3) is 0.750. The molecule has 1 heterocycles. The second kappa shape index (κ2) is 6.73. The average Bonchev–Trinajstić information content (AvgIpc) is 2.96. The summed E-state index contributed by atoms with van der Waals surface area (Å²) in [5.74, 6) is 0.776. The molecule has 0 amide bonds. The molecule has 19 heavy (non-hydrogen) atoms. The van der Waals surface area contributed by atoms with Crippen LogP contribution in [0.1, 0.15) is 63.8 Å². The third kappa shape index (κ3) is 3.43. The average molecular weight is 344 g/mol. The maximum atomic E-state index is 3.79. The normalized spacial score (nSPS) is 20.1. The molecule has 0 bridgehead atoms. The van der Waals surface area contributed by atoms with Gasteiger partial charge in [0.15, 0.2) is 0 Å². The molecule has 1 N–H and O–H groups in total. The molecule has 1 nitrogen and oxygen atoms in total. The van der Waals surface area contributed by atoms with Crippen molar-refractivity contribution >= 4 is 27.3 Å². The summed E-state index contributed by atoms with van der Waals surface area (Å²) in [7, 11) is 0. The van der Waals surface area contributed by atoms with Crippen molar-refractivity contribution in [2.45, 2.75) is 58.9 Å². The maximum absolute atomic E-state index is 3.79. The highest BCUT2D eigenvalue weighted by atomic mass is 79.9. The van der Waals surface area contributed by atoms with Crippen LogP contribution in [-0.2, 0) is 0 Å². The molecule has 1 aromatic rings. The number of halogens is 1. The Morgan fingerprint density at radius 3 is 2.53 bits per heavy atom. The Kier molecular flexibility index (Phi) is 5.50. The van der Waals surface area contributed by atoms with Gasteiger partial charge in [-0.05, 0) is 64.5 Å². The second-order valence-corrected chi connectivity index (χ2v) is 8.09. The Balaban J connectivity index is 2.32. The molecule has 1 aliphatic carbocycles. The van der Waals surface area contributed by atoms with Gasteiger partial charge in [0.05, 0.1) is 0 Å². The Morgan fingerprint density at radius 2 is 2.05 bits per heavy atom. The predicted molar refractivity (Wildman–Crippen MR) is 88.8 cm³/mol. The van der Waals surface area contributed by atoms with Gasteiger partial charge in [0.1, 0.15) is 0 Å². The van der Waals surface area contributed by atoms with E-state index >= 15 is 0 Å². The zero-order valence-electron chi connectivity index (χ0n) is 12.3. The summed E-state index contributed by atoms with van der Waals surface area (Å²) >= 11 is 5.65. The van der Waals surface area contributed by atoms with Crippen molar-refractivity contribution in [1.82, 2.24) is 5.32 Å². The molecule has 1 saturated carbocycles. The Bertz CT molecular complexity index is 393. The van der Waals surface area contributed by atoms with Crippen LogP contribution in [0.2, 0.25) is 0 Å². The van der Waals surface area contributed by atoms with Crippen molar-refractivity contribution in [3.63, 3.8) is 0 Å². The molecule has 0 radical (unpaired) electrons. The van der Waals surface area contributed by atoms with Crippen molar-refractivity contribution in [3.05, 3.63) is 20.8 Å². The highest BCUT2D eigenvalue weighted by Gasteiger charge is 2.42. The molecule has 2 rings (SSSR count). The van der Waals surface area contributed by atoms with Crippen LogP contribution in [0.3, 0.4) is 0 Å². The summed E-state index contributed by atoms with van der Waals surface area (Å²) in [6, 6.07) is 2.72. The first kappa shape index (κ1) is 15.5. The van der Waals surface area contributed by atoms with E-state index in [2.05, 4.69) is 53.5 Å². The summed E-state index contributed by atoms with van der Waals surface area (Å²) in [6.07, 6.45) is 6.91. The smallest absolute Gasteiger partial charge is 0.0483 e. The quantitative estimate of drug-likeness (QED) is 0.691. The molecule has 0 aliphatic heterocycles. The highest BCUT2D eigenvalue weighted by molar-refractivity contribution is 9.10. The van der Waals surface area contributed by atoms with E-state index in [9.17, 15) is 0 Å². The van der Waals surface area contributed by atoms with E-state index in [1.54, 1.807) is 0 Å². The van der Waals surface area contributed by atoms with Crippen LogP contribution in [0.4, 0.5) is 0 Å². The van der Waals surface area contributed by atoms with E-state index in [-0.39, 0.29) is 0 Å². The number of hydrogen-bond acceptors (Lipinski definition) is 2. The zero-order chi connectivity index (χ0) is 13.9. The Labute approximate surface area is 130 Å². The lowest BCUT2D eigenvalue weighted by molar-refractivity contribution is 0.159. The monoisotopic (exact) mass is 343 g/mol. The number of thiophene rings is 1. The van der Waals surface area contributed by atoms with E-state index in [4.69, 9.17) is 0 Å². The van der Waals surface area contributed by atoms with E-state index in [1.165, 1.54) is 41.5 Å². The molecule has 108 valence electrons. The van der Waals surface area contributed by atoms with Gasteiger partial charge in [-0.25, -0.2) is 0 Å². The summed E-state index contributed by atoms with van der Waals surface area (Å²) in [5.41, 5.74) is 0.470. The first-order valence-electron chi connectivity index (χ1n) is 7.55. The van der Waals surface area contributed by atoms with Gasteiger partial charge in [-0.2, -0.15) is 0 Å². The molecule has 1 aromatic heterocycles. The van der Waals surface area contributed by atoms with Crippen LogP contribution in [-0.4, -0.2) is 6.54 Å². The Hall–Kier alpha value is 0.140. The highest BCUT2D eigenvalue weighted by Crippen LogP contribution is 2.53. The minimum absolute atomic E-state index is 0.470. The van der Waals surface area contributed by atoms with Gasteiger partial charge >= 0.3 is 0 Å². The summed E-state index contributed by atoms with van der Waals surface area (Å²) in [5, 5.41) is 6.00. The summed E-state index contributed by atoms with van der Waals surface area (Å²) < 4.78 is 1.29. The van der Waals surface area contributed by atoms with Gasteiger partial charge < -0.3 is 5.32 Å². The van der Waals surface area contributed by atoms with Crippen LogP contribution in [0.25, 0.3) is 0 Å². The molecular formula is C16H26BrNS. The van der Waals surface area contributed by atoms with Crippen LogP contribution in [0, 0.1) is 11.3 Å². The molecule has 0 aromatic carbocycles. The molecule has 0 spiro atoms. The van der Waals surface area contributed by atoms with Crippen LogP contribution in [0.15, 0.2) is 15.9 Å². The van der Waals surface area contributed by atoms with Crippen molar-refractivity contribution in [1.29, 1.82) is 0 Å². The van der Waals surface area contributed by atoms with Crippen LogP contribution < -0.4 is 5.32 Å². The van der Waals surface area contributed by atoms with Crippen molar-refractivity contribution in [2.24, 2.45) is 11.3 Å². The zero-order valence-corrected chi connectivity index (χ0v) is 14.7. The van der Waals surface area contributed by atoms with Crippen LogP contribution >= 0.6 is 27.3 Å². The number of rotatable bonds is 6. The molecule has 0 saturated heterocycles. The minimum Gasteiger partial charge on any atom is -0.309 e. The molecular weight excluding hydrogens is 318 g/mol. The number of nitrogens with one attached hydrogen (secondary N) is 1. The summed E-state index contributed by atoms with van der Waals surface area (Å²) in [4.78, 5) is 1.50. The Morgan fingerprint density at radius 1 is 1.37 bits per heavy atom. The fourth-order valence-electron chi connectivity index (χ4n) is 3.81. The molecule has 1 aliphatic rings. The first-order valence-corrected chi connectivity index (χ1v) is 9.22. The molecule has 1 unspecified atom stereocenters. The van der Waals surface area contributed by atoms with E-state index in [0.29, 0.717) is 11.5 Å². The van der Waals surface area contributed by atoms with Gasteiger partial charge in [-0.15, -0.1) is 11.3 Å². The van der Waals surface area contributed by atoms with E-state index in [0.717, 1.165) is 12.5 Å². The molecule has 1 fully saturated rings. The third-order valence-electron chi connectivity index (χ3n) is 4.34. The predicted octanol–water partition coefficient (Wildman–Crippen LogP) is 5.77. The lowest BCUT2D eigenvalue weighted by atomic mass is 9.72. The topological polar surface area (TPSA) is 12.0 Å². The van der Waals surface area contributed by atoms with Gasteiger partial charge in [0, 0.05) is 15.4 Å². The van der Waals surface area contributed by atoms with Crippen molar-refractivity contribution in [2.75, 3.05) is 6.54 Å². The second-order valence-electron chi connectivity index (χ2n) is 6.29. The molecule has 3 heteroatoms. The lowest BCUT2D eigenvalue weighted by Crippen LogP contribution is -2.37. The van der Waals surface area contributed by atoms with Gasteiger partial charge in [-0.1, -0.05) is 33.6 Å². The largest absolute Gasteiger partial charge is 0.309 e. The first-order chi connectivity index (χ1) is 9.09.